The standard InChI is InChI=1S/C17H30N2O/c1-6-17(5,19(7-2)8-3)16(18)14-10-12-15(13-11-14)20-9-4/h10-13,16H,6-9,18H2,1-5H3. The van der Waals surface area contributed by atoms with Crippen molar-refractivity contribution in [3.63, 3.8) is 0 Å². The molecule has 20 heavy (non-hydrogen) atoms. The molecule has 0 bridgehead atoms. The summed E-state index contributed by atoms with van der Waals surface area (Å²) in [6.07, 6.45) is 1.03. The molecule has 1 rings (SSSR count). The van der Waals surface area contributed by atoms with Crippen molar-refractivity contribution in [1.29, 1.82) is 0 Å². The van der Waals surface area contributed by atoms with Crippen LogP contribution >= 0.6 is 0 Å². The highest BCUT2D eigenvalue weighted by atomic mass is 16.5. The van der Waals surface area contributed by atoms with Crippen LogP contribution in [-0.4, -0.2) is 30.1 Å². The number of rotatable bonds is 8. The van der Waals surface area contributed by atoms with E-state index < -0.39 is 0 Å². The Hall–Kier alpha value is -1.06. The highest BCUT2D eigenvalue weighted by Gasteiger charge is 2.35. The minimum atomic E-state index is -0.0172. The van der Waals surface area contributed by atoms with Crippen molar-refractivity contribution in [2.45, 2.75) is 52.6 Å². The van der Waals surface area contributed by atoms with Gasteiger partial charge < -0.3 is 10.5 Å². The van der Waals surface area contributed by atoms with E-state index in [2.05, 4.69) is 44.7 Å². The van der Waals surface area contributed by atoms with Gasteiger partial charge >= 0.3 is 0 Å². The average Bonchev–Trinajstić information content (AvgIpc) is 2.48. The van der Waals surface area contributed by atoms with Gasteiger partial charge in [0.05, 0.1) is 6.61 Å². The Bertz CT molecular complexity index is 386. The predicted octanol–water partition coefficient (Wildman–Crippen LogP) is 3.60. The Balaban J connectivity index is 2.97. The van der Waals surface area contributed by atoms with E-state index in [0.717, 1.165) is 25.3 Å². The summed E-state index contributed by atoms with van der Waals surface area (Å²) in [5.41, 5.74) is 7.73. The van der Waals surface area contributed by atoms with Gasteiger partial charge in [-0.2, -0.15) is 0 Å². The summed E-state index contributed by atoms with van der Waals surface area (Å²) >= 11 is 0. The molecule has 1 aromatic rings. The molecule has 2 atom stereocenters. The fraction of sp³-hybridized carbons (Fsp3) is 0.647. The smallest absolute Gasteiger partial charge is 0.119 e. The molecule has 0 spiro atoms. The lowest BCUT2D eigenvalue weighted by Gasteiger charge is -2.44. The molecule has 2 unspecified atom stereocenters. The van der Waals surface area contributed by atoms with Crippen molar-refractivity contribution in [2.24, 2.45) is 5.73 Å². The van der Waals surface area contributed by atoms with Gasteiger partial charge in [0.15, 0.2) is 0 Å². The molecule has 3 heteroatoms. The van der Waals surface area contributed by atoms with Crippen molar-refractivity contribution in [2.75, 3.05) is 19.7 Å². The number of ether oxygens (including phenoxy) is 1. The maximum absolute atomic E-state index is 6.58. The Morgan fingerprint density at radius 2 is 1.65 bits per heavy atom. The first-order valence-corrected chi connectivity index (χ1v) is 7.76. The quantitative estimate of drug-likeness (QED) is 0.789. The third-order valence-corrected chi connectivity index (χ3v) is 4.42. The summed E-state index contributed by atoms with van der Waals surface area (Å²) in [6.45, 7) is 13.6. The minimum Gasteiger partial charge on any atom is -0.494 e. The van der Waals surface area contributed by atoms with E-state index in [1.807, 2.05) is 19.1 Å². The van der Waals surface area contributed by atoms with Crippen molar-refractivity contribution in [3.05, 3.63) is 29.8 Å². The Morgan fingerprint density at radius 1 is 1.10 bits per heavy atom. The molecule has 0 aromatic heterocycles. The van der Waals surface area contributed by atoms with Gasteiger partial charge in [-0.3, -0.25) is 4.90 Å². The summed E-state index contributed by atoms with van der Waals surface area (Å²) in [4.78, 5) is 2.45. The zero-order chi connectivity index (χ0) is 15.2. The molecule has 114 valence electrons. The maximum Gasteiger partial charge on any atom is 0.119 e. The van der Waals surface area contributed by atoms with Crippen LogP contribution in [0, 0.1) is 0 Å². The van der Waals surface area contributed by atoms with Gasteiger partial charge in [0, 0.05) is 11.6 Å². The first kappa shape index (κ1) is 17.0. The molecule has 0 fully saturated rings. The van der Waals surface area contributed by atoms with Crippen molar-refractivity contribution >= 4 is 0 Å². The van der Waals surface area contributed by atoms with Crippen LogP contribution in [0.15, 0.2) is 24.3 Å². The summed E-state index contributed by atoms with van der Waals surface area (Å²) < 4.78 is 5.49. The Morgan fingerprint density at radius 3 is 2.05 bits per heavy atom. The molecule has 2 N–H and O–H groups in total. The molecule has 3 nitrogen and oxygen atoms in total. The molecule has 0 radical (unpaired) electrons. The molecule has 0 aliphatic rings. The molecule has 0 aliphatic carbocycles. The second-order valence-corrected chi connectivity index (χ2v) is 5.36. The van der Waals surface area contributed by atoms with E-state index in [4.69, 9.17) is 10.5 Å². The van der Waals surface area contributed by atoms with Crippen LogP contribution in [0.1, 0.15) is 52.6 Å². The SMILES string of the molecule is CCOc1ccc(C(N)C(C)(CC)N(CC)CC)cc1. The van der Waals surface area contributed by atoms with Crippen molar-refractivity contribution < 1.29 is 4.74 Å². The van der Waals surface area contributed by atoms with E-state index in [9.17, 15) is 0 Å². The number of hydrogen-bond acceptors (Lipinski definition) is 3. The van der Waals surface area contributed by atoms with Crippen LogP contribution in [0.25, 0.3) is 0 Å². The van der Waals surface area contributed by atoms with Gasteiger partial charge in [-0.15, -0.1) is 0 Å². The summed E-state index contributed by atoms with van der Waals surface area (Å²) in [7, 11) is 0. The molecule has 0 saturated carbocycles. The van der Waals surface area contributed by atoms with Crippen LogP contribution in [0.5, 0.6) is 5.75 Å². The molecule has 0 aliphatic heterocycles. The monoisotopic (exact) mass is 278 g/mol. The second-order valence-electron chi connectivity index (χ2n) is 5.36. The van der Waals surface area contributed by atoms with E-state index in [1.54, 1.807) is 0 Å². The Kier molecular flexibility index (Phi) is 6.50. The number of nitrogens with two attached hydrogens (primary N) is 1. The van der Waals surface area contributed by atoms with E-state index in [1.165, 1.54) is 5.56 Å². The fourth-order valence-corrected chi connectivity index (χ4v) is 2.88. The van der Waals surface area contributed by atoms with E-state index in [0.29, 0.717) is 6.61 Å². The minimum absolute atomic E-state index is 0.00285. The maximum atomic E-state index is 6.58. The first-order chi connectivity index (χ1) is 9.53. The fourth-order valence-electron chi connectivity index (χ4n) is 2.88. The third kappa shape index (κ3) is 3.53. The van der Waals surface area contributed by atoms with Crippen molar-refractivity contribution in [3.8, 4) is 5.75 Å². The van der Waals surface area contributed by atoms with Crippen LogP contribution in [-0.2, 0) is 0 Å². The van der Waals surface area contributed by atoms with Crippen LogP contribution in [0.2, 0.25) is 0 Å². The van der Waals surface area contributed by atoms with Gasteiger partial charge in [-0.25, -0.2) is 0 Å². The van der Waals surface area contributed by atoms with Gasteiger partial charge in [-0.05, 0) is 51.1 Å². The molecule has 0 amide bonds. The Labute approximate surface area is 124 Å². The van der Waals surface area contributed by atoms with Crippen LogP contribution in [0.4, 0.5) is 0 Å². The molecular weight excluding hydrogens is 248 g/mol. The normalized spacial score (nSPS) is 15.9. The summed E-state index contributed by atoms with van der Waals surface area (Å²) in [6, 6.07) is 8.21. The average molecular weight is 278 g/mol. The van der Waals surface area contributed by atoms with Gasteiger partial charge in [0.1, 0.15) is 5.75 Å². The largest absolute Gasteiger partial charge is 0.494 e. The van der Waals surface area contributed by atoms with Crippen LogP contribution < -0.4 is 10.5 Å². The van der Waals surface area contributed by atoms with E-state index >= 15 is 0 Å². The van der Waals surface area contributed by atoms with Gasteiger partial charge in [0.25, 0.3) is 0 Å². The number of benzene rings is 1. The topological polar surface area (TPSA) is 38.5 Å². The first-order valence-electron chi connectivity index (χ1n) is 7.76. The van der Waals surface area contributed by atoms with Gasteiger partial charge in [0.2, 0.25) is 0 Å². The summed E-state index contributed by atoms with van der Waals surface area (Å²) in [5.74, 6) is 0.907. The highest BCUT2D eigenvalue weighted by molar-refractivity contribution is 5.30. The molecule has 0 heterocycles. The molecule has 1 aromatic carbocycles. The highest BCUT2D eigenvalue weighted by Crippen LogP contribution is 2.32. The lowest BCUT2D eigenvalue weighted by Crippen LogP contribution is -2.52. The predicted molar refractivity (Wildman–Crippen MR) is 86.2 cm³/mol. The van der Waals surface area contributed by atoms with Crippen LogP contribution in [0.3, 0.4) is 0 Å². The second kappa shape index (κ2) is 7.65. The number of nitrogens with zero attached hydrogens (tertiary/aromatic N) is 1. The number of likely N-dealkylation sites (N-methyl/N-ethyl adjacent to an activating group) is 1. The third-order valence-electron chi connectivity index (χ3n) is 4.42. The molecule has 0 saturated heterocycles. The lowest BCUT2D eigenvalue weighted by atomic mass is 9.83. The lowest BCUT2D eigenvalue weighted by molar-refractivity contribution is 0.0844. The summed E-state index contributed by atoms with van der Waals surface area (Å²) in [5, 5.41) is 0. The van der Waals surface area contributed by atoms with E-state index in [-0.39, 0.29) is 11.6 Å². The zero-order valence-electron chi connectivity index (χ0n) is 13.6. The van der Waals surface area contributed by atoms with Crippen molar-refractivity contribution in [1.82, 2.24) is 4.90 Å². The number of hydrogen-bond donors (Lipinski definition) is 1. The molecular formula is C17H30N2O. The zero-order valence-corrected chi connectivity index (χ0v) is 13.6. The van der Waals surface area contributed by atoms with Gasteiger partial charge in [-0.1, -0.05) is 32.9 Å².